The summed E-state index contributed by atoms with van der Waals surface area (Å²) in [6, 6.07) is 3.72. The van der Waals surface area contributed by atoms with Gasteiger partial charge in [0.1, 0.15) is 11.7 Å². The van der Waals surface area contributed by atoms with Crippen LogP contribution in [0.3, 0.4) is 0 Å². The van der Waals surface area contributed by atoms with Crippen LogP contribution in [0.4, 0.5) is 13.2 Å². The van der Waals surface area contributed by atoms with Crippen molar-refractivity contribution in [1.29, 1.82) is 5.26 Å². The summed E-state index contributed by atoms with van der Waals surface area (Å²) in [4.78, 5) is 5.25. The molecule has 2 rings (SSSR count). The van der Waals surface area contributed by atoms with E-state index in [2.05, 4.69) is 11.1 Å². The number of nitrogens with zero attached hydrogens (tertiary/aromatic N) is 3. The molecule has 0 amide bonds. The number of rotatable bonds is 2. The van der Waals surface area contributed by atoms with Crippen LogP contribution in [0.15, 0.2) is 18.3 Å². The summed E-state index contributed by atoms with van der Waals surface area (Å²) in [6.07, 6.45) is -3.34. The molecule has 7 heteroatoms. The van der Waals surface area contributed by atoms with Gasteiger partial charge >= 0.3 is 6.18 Å². The van der Waals surface area contributed by atoms with Crippen LogP contribution in [-0.2, 0) is 10.9 Å². The molecule has 4 nitrogen and oxygen atoms in total. The average molecular weight is 271 g/mol. The van der Waals surface area contributed by atoms with E-state index in [4.69, 9.17) is 4.74 Å². The fraction of sp³-hybridized carbons (Fsp3) is 0.500. The van der Waals surface area contributed by atoms with E-state index in [0.29, 0.717) is 31.9 Å². The van der Waals surface area contributed by atoms with E-state index in [0.717, 1.165) is 12.3 Å². The lowest BCUT2D eigenvalue weighted by atomic mass is 10.1. The summed E-state index contributed by atoms with van der Waals surface area (Å²) >= 11 is 0. The van der Waals surface area contributed by atoms with Gasteiger partial charge in [-0.2, -0.15) is 18.4 Å². The topological polar surface area (TPSA) is 49.2 Å². The highest BCUT2D eigenvalue weighted by Crippen LogP contribution is 2.28. The van der Waals surface area contributed by atoms with Crippen molar-refractivity contribution in [3.63, 3.8) is 0 Å². The smallest absolute Gasteiger partial charge is 0.379 e. The molecule has 2 heterocycles. The Labute approximate surface area is 108 Å². The molecule has 0 aromatic carbocycles. The number of hydrogen-bond donors (Lipinski definition) is 0. The maximum absolute atomic E-state index is 12.4. The van der Waals surface area contributed by atoms with Crippen molar-refractivity contribution < 1.29 is 17.9 Å². The number of hydrogen-bond acceptors (Lipinski definition) is 4. The zero-order valence-electron chi connectivity index (χ0n) is 10.0. The third kappa shape index (κ3) is 3.22. The summed E-state index contributed by atoms with van der Waals surface area (Å²) in [5.41, 5.74) is -0.479. The summed E-state index contributed by atoms with van der Waals surface area (Å²) in [5.74, 6) is 0. The summed E-state index contributed by atoms with van der Waals surface area (Å²) in [6.45, 7) is 2.21. The maximum Gasteiger partial charge on any atom is 0.433 e. The number of aromatic nitrogens is 1. The Morgan fingerprint density at radius 1 is 1.32 bits per heavy atom. The summed E-state index contributed by atoms with van der Waals surface area (Å²) < 4.78 is 42.4. The van der Waals surface area contributed by atoms with Gasteiger partial charge < -0.3 is 4.74 Å². The minimum Gasteiger partial charge on any atom is -0.379 e. The first-order chi connectivity index (χ1) is 9.02. The first-order valence-corrected chi connectivity index (χ1v) is 5.77. The zero-order chi connectivity index (χ0) is 13.9. The number of alkyl halides is 3. The number of ether oxygens (including phenoxy) is 1. The number of pyridine rings is 1. The monoisotopic (exact) mass is 271 g/mol. The summed E-state index contributed by atoms with van der Waals surface area (Å²) in [7, 11) is 0. The lowest BCUT2D eigenvalue weighted by molar-refractivity contribution is -0.141. The molecule has 19 heavy (non-hydrogen) atoms. The first-order valence-electron chi connectivity index (χ1n) is 5.77. The molecule has 1 unspecified atom stereocenters. The van der Waals surface area contributed by atoms with Crippen molar-refractivity contribution in [3.8, 4) is 6.07 Å². The van der Waals surface area contributed by atoms with Crippen molar-refractivity contribution >= 4 is 0 Å². The van der Waals surface area contributed by atoms with Crippen LogP contribution < -0.4 is 0 Å². The van der Waals surface area contributed by atoms with E-state index < -0.39 is 17.9 Å². The number of morpholine rings is 1. The lowest BCUT2D eigenvalue weighted by Crippen LogP contribution is -2.38. The number of nitriles is 1. The predicted molar refractivity (Wildman–Crippen MR) is 60.0 cm³/mol. The fourth-order valence-electron chi connectivity index (χ4n) is 1.94. The van der Waals surface area contributed by atoms with Gasteiger partial charge in [-0.15, -0.1) is 0 Å². The Kier molecular flexibility index (Phi) is 4.02. The molecule has 0 spiro atoms. The van der Waals surface area contributed by atoms with Crippen LogP contribution in [-0.4, -0.2) is 36.2 Å². The first kappa shape index (κ1) is 13.8. The van der Waals surface area contributed by atoms with E-state index in [-0.39, 0.29) is 0 Å². The van der Waals surface area contributed by atoms with E-state index in [1.54, 1.807) is 0 Å². The molecule has 102 valence electrons. The Morgan fingerprint density at radius 3 is 2.47 bits per heavy atom. The molecule has 1 aromatic heterocycles. The van der Waals surface area contributed by atoms with Gasteiger partial charge in [-0.05, 0) is 6.07 Å². The van der Waals surface area contributed by atoms with Crippen LogP contribution >= 0.6 is 0 Å². The van der Waals surface area contributed by atoms with E-state index in [9.17, 15) is 18.4 Å². The fourth-order valence-corrected chi connectivity index (χ4v) is 1.94. The molecule has 1 aromatic rings. The van der Waals surface area contributed by atoms with E-state index >= 15 is 0 Å². The second kappa shape index (κ2) is 5.55. The van der Waals surface area contributed by atoms with E-state index in [1.165, 1.54) is 6.07 Å². The van der Waals surface area contributed by atoms with Gasteiger partial charge in [0.2, 0.25) is 0 Å². The molecule has 0 radical (unpaired) electrons. The van der Waals surface area contributed by atoms with Crippen LogP contribution in [0, 0.1) is 11.3 Å². The minimum absolute atomic E-state index is 0.470. The molecule has 0 bridgehead atoms. The van der Waals surface area contributed by atoms with Crippen LogP contribution in [0.25, 0.3) is 0 Å². The molecular formula is C12H12F3N3O. The quantitative estimate of drug-likeness (QED) is 0.825. The van der Waals surface area contributed by atoms with Gasteiger partial charge in [-0.25, -0.2) is 0 Å². The Bertz CT molecular complexity index is 461. The van der Waals surface area contributed by atoms with Gasteiger partial charge in [-0.1, -0.05) is 6.07 Å². The predicted octanol–water partition coefficient (Wildman–Crippen LogP) is 2.00. The minimum atomic E-state index is -4.46. The van der Waals surface area contributed by atoms with Crippen molar-refractivity contribution in [1.82, 2.24) is 9.88 Å². The molecule has 1 aliphatic rings. The van der Waals surface area contributed by atoms with Gasteiger partial charge in [0.25, 0.3) is 0 Å². The molecule has 0 aliphatic carbocycles. The highest BCUT2D eigenvalue weighted by molar-refractivity contribution is 5.24. The molecule has 0 N–H and O–H groups in total. The highest BCUT2D eigenvalue weighted by Gasteiger charge is 2.32. The Hall–Kier alpha value is -1.65. The van der Waals surface area contributed by atoms with Crippen molar-refractivity contribution in [2.45, 2.75) is 12.2 Å². The van der Waals surface area contributed by atoms with Crippen molar-refractivity contribution in [3.05, 3.63) is 29.6 Å². The largest absolute Gasteiger partial charge is 0.433 e. The van der Waals surface area contributed by atoms with Crippen LogP contribution in [0.2, 0.25) is 0 Å². The molecule has 1 fully saturated rings. The third-order valence-electron chi connectivity index (χ3n) is 2.93. The normalized spacial score (nSPS) is 18.8. The third-order valence-corrected chi connectivity index (χ3v) is 2.93. The molecular weight excluding hydrogens is 259 g/mol. The standard InChI is InChI=1S/C12H12F3N3O/c13-12(14,15)11-2-1-9(8-17-11)10(7-16)18-3-5-19-6-4-18/h1-2,8,10H,3-6H2. The second-order valence-electron chi connectivity index (χ2n) is 4.15. The van der Waals surface area contributed by atoms with Crippen molar-refractivity contribution in [2.75, 3.05) is 26.3 Å². The Morgan fingerprint density at radius 2 is 2.00 bits per heavy atom. The SMILES string of the molecule is N#CC(c1ccc(C(F)(F)F)nc1)N1CCOCC1. The second-order valence-corrected chi connectivity index (χ2v) is 4.15. The Balaban J connectivity index is 2.17. The van der Waals surface area contributed by atoms with E-state index in [1.807, 2.05) is 4.90 Å². The zero-order valence-corrected chi connectivity index (χ0v) is 10.0. The highest BCUT2D eigenvalue weighted by atomic mass is 19.4. The van der Waals surface area contributed by atoms with Gasteiger partial charge in [-0.3, -0.25) is 9.88 Å². The van der Waals surface area contributed by atoms with Crippen molar-refractivity contribution in [2.24, 2.45) is 0 Å². The van der Waals surface area contributed by atoms with Gasteiger partial charge in [0.15, 0.2) is 0 Å². The molecule has 0 saturated carbocycles. The maximum atomic E-state index is 12.4. The van der Waals surface area contributed by atoms with Gasteiger partial charge in [0, 0.05) is 24.8 Å². The van der Waals surface area contributed by atoms with Crippen LogP contribution in [0.5, 0.6) is 0 Å². The number of halogens is 3. The summed E-state index contributed by atoms with van der Waals surface area (Å²) in [5, 5.41) is 9.18. The lowest BCUT2D eigenvalue weighted by Gasteiger charge is -2.30. The average Bonchev–Trinajstić information content (AvgIpc) is 2.40. The molecule has 1 atom stereocenters. The molecule has 1 saturated heterocycles. The van der Waals surface area contributed by atoms with Gasteiger partial charge in [0.05, 0.1) is 19.3 Å². The van der Waals surface area contributed by atoms with Crippen LogP contribution in [0.1, 0.15) is 17.3 Å². The molecule has 1 aliphatic heterocycles.